The van der Waals surface area contributed by atoms with Crippen molar-refractivity contribution in [2.75, 3.05) is 45.8 Å². The highest BCUT2D eigenvalue weighted by Gasteiger charge is 2.22. The summed E-state index contributed by atoms with van der Waals surface area (Å²) in [5, 5.41) is 6.55. The van der Waals surface area contributed by atoms with Gasteiger partial charge >= 0.3 is 0 Å². The van der Waals surface area contributed by atoms with Gasteiger partial charge in [-0.1, -0.05) is 6.92 Å². The first-order chi connectivity index (χ1) is 11.2. The maximum atomic E-state index is 12.0. The van der Waals surface area contributed by atoms with E-state index in [1.807, 2.05) is 18.7 Å². The zero-order chi connectivity index (χ0) is 17.1. The van der Waals surface area contributed by atoms with Crippen LogP contribution in [0.2, 0.25) is 0 Å². The first-order valence-corrected chi connectivity index (χ1v) is 9.20. The highest BCUT2D eigenvalue weighted by molar-refractivity contribution is 14.0. The summed E-state index contributed by atoms with van der Waals surface area (Å²) in [6.45, 7) is 14.4. The average Bonchev–Trinajstić information content (AvgIpc) is 3.01. The molecule has 0 spiro atoms. The van der Waals surface area contributed by atoms with E-state index in [0.29, 0.717) is 19.0 Å². The Hall–Kier alpha value is -0.570. The number of carbonyl (C=O) groups excluding carboxylic acids is 1. The van der Waals surface area contributed by atoms with Crippen molar-refractivity contribution < 1.29 is 4.79 Å². The van der Waals surface area contributed by atoms with Crippen molar-refractivity contribution in [3.05, 3.63) is 0 Å². The normalized spacial score (nSPS) is 18.2. The minimum Gasteiger partial charge on any atom is -0.357 e. The van der Waals surface area contributed by atoms with Gasteiger partial charge in [0.15, 0.2) is 5.96 Å². The number of hydrogen-bond acceptors (Lipinski definition) is 3. The summed E-state index contributed by atoms with van der Waals surface area (Å²) in [6.07, 6.45) is 3.02. The third kappa shape index (κ3) is 8.00. The van der Waals surface area contributed by atoms with Crippen LogP contribution in [0.4, 0.5) is 0 Å². The summed E-state index contributed by atoms with van der Waals surface area (Å²) in [7, 11) is 0. The van der Waals surface area contributed by atoms with Crippen molar-refractivity contribution in [3.63, 3.8) is 0 Å². The molecule has 1 fully saturated rings. The molecule has 0 aromatic heterocycles. The molecule has 0 aromatic carbocycles. The molecule has 7 heteroatoms. The highest BCUT2D eigenvalue weighted by Crippen LogP contribution is 2.16. The van der Waals surface area contributed by atoms with Gasteiger partial charge in [0, 0.05) is 38.6 Å². The van der Waals surface area contributed by atoms with Crippen LogP contribution in [0, 0.1) is 0 Å². The molecule has 1 amide bonds. The zero-order valence-corrected chi connectivity index (χ0v) is 18.1. The molecule has 1 atom stereocenters. The lowest BCUT2D eigenvalue weighted by atomic mass is 10.2. The Morgan fingerprint density at radius 3 is 2.50 bits per heavy atom. The van der Waals surface area contributed by atoms with E-state index in [0.717, 1.165) is 38.7 Å². The van der Waals surface area contributed by atoms with Gasteiger partial charge in [-0.25, -0.2) is 0 Å². The standard InChI is InChI=1S/C17H35N5O.HI/c1-5-18-17(19-12-11-16(23)21(6-2)7-3)20-14-15-10-9-13-22(15)8-4;/h15H,5-14H2,1-4H3,(H2,18,19,20);1H. The van der Waals surface area contributed by atoms with E-state index < -0.39 is 0 Å². The second-order valence-electron chi connectivity index (χ2n) is 5.89. The van der Waals surface area contributed by atoms with Crippen LogP contribution in [0.15, 0.2) is 4.99 Å². The molecule has 1 saturated heterocycles. The number of halogens is 1. The number of rotatable bonds is 9. The summed E-state index contributed by atoms with van der Waals surface area (Å²) >= 11 is 0. The second-order valence-corrected chi connectivity index (χ2v) is 5.89. The third-order valence-corrected chi connectivity index (χ3v) is 4.46. The summed E-state index contributed by atoms with van der Waals surface area (Å²) in [5.41, 5.74) is 0. The fourth-order valence-electron chi connectivity index (χ4n) is 3.08. The maximum absolute atomic E-state index is 12.0. The van der Waals surface area contributed by atoms with Crippen molar-refractivity contribution >= 4 is 35.8 Å². The number of nitrogens with one attached hydrogen (secondary N) is 2. The first-order valence-electron chi connectivity index (χ1n) is 9.20. The predicted octanol–water partition coefficient (Wildman–Crippen LogP) is 1.90. The Bertz CT molecular complexity index is 374. The Kier molecular flexibility index (Phi) is 13.4. The molecule has 0 aromatic rings. The van der Waals surface area contributed by atoms with Crippen molar-refractivity contribution in [1.82, 2.24) is 20.4 Å². The van der Waals surface area contributed by atoms with Crippen LogP contribution in [0.1, 0.15) is 47.0 Å². The Morgan fingerprint density at radius 1 is 1.21 bits per heavy atom. The van der Waals surface area contributed by atoms with Crippen LogP contribution in [0.3, 0.4) is 0 Å². The van der Waals surface area contributed by atoms with Gasteiger partial charge in [-0.3, -0.25) is 14.7 Å². The molecule has 24 heavy (non-hydrogen) atoms. The lowest BCUT2D eigenvalue weighted by molar-refractivity contribution is -0.130. The van der Waals surface area contributed by atoms with Gasteiger partial charge in [0.05, 0.1) is 6.54 Å². The van der Waals surface area contributed by atoms with Crippen LogP contribution < -0.4 is 10.6 Å². The molecule has 0 bridgehead atoms. The van der Waals surface area contributed by atoms with Gasteiger partial charge in [0.1, 0.15) is 0 Å². The number of guanidine groups is 1. The number of likely N-dealkylation sites (tertiary alicyclic amines) is 1. The summed E-state index contributed by atoms with van der Waals surface area (Å²) in [4.78, 5) is 21.1. The number of carbonyl (C=O) groups is 1. The predicted molar refractivity (Wildman–Crippen MR) is 112 cm³/mol. The maximum Gasteiger partial charge on any atom is 0.224 e. The highest BCUT2D eigenvalue weighted by atomic mass is 127. The fraction of sp³-hybridized carbons (Fsp3) is 0.882. The van der Waals surface area contributed by atoms with Gasteiger partial charge in [-0.15, -0.1) is 24.0 Å². The lowest BCUT2D eigenvalue weighted by Gasteiger charge is -2.22. The van der Waals surface area contributed by atoms with E-state index in [-0.39, 0.29) is 29.9 Å². The van der Waals surface area contributed by atoms with Gasteiger partial charge < -0.3 is 15.5 Å². The van der Waals surface area contributed by atoms with Crippen molar-refractivity contribution in [2.45, 2.75) is 53.0 Å². The Labute approximate surface area is 164 Å². The summed E-state index contributed by atoms with van der Waals surface area (Å²) in [5.74, 6) is 1.02. The molecule has 2 N–H and O–H groups in total. The molecule has 0 saturated carbocycles. The molecule has 1 aliphatic heterocycles. The van der Waals surface area contributed by atoms with E-state index in [1.54, 1.807) is 0 Å². The summed E-state index contributed by atoms with van der Waals surface area (Å²) in [6, 6.07) is 0.563. The SMILES string of the molecule is CCNC(=NCC1CCCN1CC)NCCC(=O)N(CC)CC.I. The lowest BCUT2D eigenvalue weighted by Crippen LogP contribution is -2.41. The van der Waals surface area contributed by atoms with Crippen LogP contribution in [0.5, 0.6) is 0 Å². The number of likely N-dealkylation sites (N-methyl/N-ethyl adjacent to an activating group) is 1. The average molecular weight is 453 g/mol. The Balaban J connectivity index is 0.00000529. The number of nitrogens with zero attached hydrogens (tertiary/aromatic N) is 3. The topological polar surface area (TPSA) is 60.0 Å². The summed E-state index contributed by atoms with van der Waals surface area (Å²) < 4.78 is 0. The zero-order valence-electron chi connectivity index (χ0n) is 15.8. The molecule has 1 aliphatic rings. The van der Waals surface area contributed by atoms with Crippen LogP contribution in [-0.2, 0) is 4.79 Å². The van der Waals surface area contributed by atoms with E-state index >= 15 is 0 Å². The van der Waals surface area contributed by atoms with Crippen LogP contribution in [0.25, 0.3) is 0 Å². The molecule has 1 rings (SSSR count). The Morgan fingerprint density at radius 2 is 1.92 bits per heavy atom. The van der Waals surface area contributed by atoms with Crippen molar-refractivity contribution in [3.8, 4) is 0 Å². The van der Waals surface area contributed by atoms with Crippen LogP contribution in [-0.4, -0.2) is 73.5 Å². The van der Waals surface area contributed by atoms with E-state index in [2.05, 4.69) is 29.4 Å². The molecule has 1 unspecified atom stereocenters. The van der Waals surface area contributed by atoms with E-state index in [9.17, 15) is 4.79 Å². The van der Waals surface area contributed by atoms with Gasteiger partial charge in [0.2, 0.25) is 5.91 Å². The molecule has 142 valence electrons. The number of hydrogen-bond donors (Lipinski definition) is 2. The molecule has 6 nitrogen and oxygen atoms in total. The molecule has 0 aliphatic carbocycles. The van der Waals surface area contributed by atoms with Crippen LogP contribution >= 0.6 is 24.0 Å². The largest absolute Gasteiger partial charge is 0.357 e. The monoisotopic (exact) mass is 453 g/mol. The minimum atomic E-state index is 0. The quantitative estimate of drug-likeness (QED) is 0.318. The molecular weight excluding hydrogens is 417 g/mol. The van der Waals surface area contributed by atoms with Crippen molar-refractivity contribution in [2.24, 2.45) is 4.99 Å². The minimum absolute atomic E-state index is 0. The number of amides is 1. The first kappa shape index (κ1) is 23.4. The molecular formula is C17H36IN5O. The van der Waals surface area contributed by atoms with E-state index in [1.165, 1.54) is 19.4 Å². The van der Waals surface area contributed by atoms with Gasteiger partial charge in [0.25, 0.3) is 0 Å². The smallest absolute Gasteiger partial charge is 0.224 e. The second kappa shape index (κ2) is 13.7. The molecule has 1 heterocycles. The van der Waals surface area contributed by atoms with Crippen molar-refractivity contribution in [1.29, 1.82) is 0 Å². The fourth-order valence-corrected chi connectivity index (χ4v) is 3.08. The van der Waals surface area contributed by atoms with E-state index in [4.69, 9.17) is 4.99 Å². The van der Waals surface area contributed by atoms with Gasteiger partial charge in [-0.05, 0) is 46.7 Å². The van der Waals surface area contributed by atoms with Gasteiger partial charge in [-0.2, -0.15) is 0 Å². The third-order valence-electron chi connectivity index (χ3n) is 4.46. The molecule has 0 radical (unpaired) electrons. The number of aliphatic imine (C=N–C) groups is 1.